The third kappa shape index (κ3) is 3.79. The monoisotopic (exact) mass is 349 g/mol. The molecule has 0 aliphatic heterocycles. The van der Waals surface area contributed by atoms with Gasteiger partial charge in [0.05, 0.1) is 10.5 Å². The van der Waals surface area contributed by atoms with Gasteiger partial charge < -0.3 is 11.1 Å². The van der Waals surface area contributed by atoms with Crippen molar-refractivity contribution >= 4 is 33.2 Å². The summed E-state index contributed by atoms with van der Waals surface area (Å²) in [4.78, 5) is 22.2. The Morgan fingerprint density at radius 2 is 2.05 bits per heavy atom. The van der Waals surface area contributed by atoms with E-state index < -0.39 is 4.92 Å². The minimum absolute atomic E-state index is 0.00935. The molecule has 0 atom stereocenters. The van der Waals surface area contributed by atoms with Gasteiger partial charge in [0, 0.05) is 28.8 Å². The molecule has 2 aromatic carbocycles. The summed E-state index contributed by atoms with van der Waals surface area (Å²) in [6.07, 6.45) is 0. The normalized spacial score (nSPS) is 10.1. The van der Waals surface area contributed by atoms with Crippen molar-refractivity contribution in [2.24, 2.45) is 0 Å². The average molecular weight is 350 g/mol. The molecular formula is C14H12BrN3O3. The zero-order chi connectivity index (χ0) is 15.4. The number of nitro groups is 1. The number of rotatable bonds is 4. The van der Waals surface area contributed by atoms with Crippen LogP contribution in [0.3, 0.4) is 0 Å². The maximum atomic E-state index is 12.0. The fraction of sp³-hybridized carbons (Fsp3) is 0.0714. The number of hydrogen-bond acceptors (Lipinski definition) is 4. The van der Waals surface area contributed by atoms with Crippen LogP contribution < -0.4 is 11.1 Å². The number of hydrogen-bond donors (Lipinski definition) is 2. The summed E-state index contributed by atoms with van der Waals surface area (Å²) in [5.74, 6) is -0.327. The van der Waals surface area contributed by atoms with Crippen LogP contribution in [-0.2, 0) is 6.54 Å². The van der Waals surface area contributed by atoms with Crippen molar-refractivity contribution in [3.63, 3.8) is 0 Å². The molecule has 0 aliphatic rings. The van der Waals surface area contributed by atoms with Gasteiger partial charge in [-0.25, -0.2) is 0 Å². The number of halogens is 1. The highest BCUT2D eigenvalue weighted by atomic mass is 79.9. The SMILES string of the molecule is Nc1cc(Br)ccc1C(=O)NCc1cccc([N+](=O)[O-])c1. The molecule has 3 N–H and O–H groups in total. The van der Waals surface area contributed by atoms with Crippen molar-refractivity contribution in [1.29, 1.82) is 0 Å². The number of anilines is 1. The van der Waals surface area contributed by atoms with E-state index in [4.69, 9.17) is 5.73 Å². The Morgan fingerprint density at radius 1 is 1.29 bits per heavy atom. The van der Waals surface area contributed by atoms with Crippen LogP contribution in [0.1, 0.15) is 15.9 Å². The predicted octanol–water partition coefficient (Wildman–Crippen LogP) is 2.87. The molecule has 6 nitrogen and oxygen atoms in total. The van der Waals surface area contributed by atoms with E-state index in [0.717, 1.165) is 4.47 Å². The van der Waals surface area contributed by atoms with Gasteiger partial charge in [0.15, 0.2) is 0 Å². The van der Waals surface area contributed by atoms with Crippen LogP contribution in [0.25, 0.3) is 0 Å². The first-order valence-electron chi connectivity index (χ1n) is 6.04. The predicted molar refractivity (Wildman–Crippen MR) is 82.8 cm³/mol. The van der Waals surface area contributed by atoms with Crippen LogP contribution in [0.15, 0.2) is 46.9 Å². The molecule has 0 bridgehead atoms. The van der Waals surface area contributed by atoms with Crippen molar-refractivity contribution in [3.8, 4) is 0 Å². The van der Waals surface area contributed by atoms with Gasteiger partial charge in [-0.05, 0) is 23.8 Å². The number of nitrogens with two attached hydrogens (primary N) is 1. The highest BCUT2D eigenvalue weighted by Gasteiger charge is 2.11. The van der Waals surface area contributed by atoms with E-state index >= 15 is 0 Å². The molecule has 0 heterocycles. The quantitative estimate of drug-likeness (QED) is 0.503. The number of nitrogen functional groups attached to an aromatic ring is 1. The molecule has 2 rings (SSSR count). The van der Waals surface area contributed by atoms with Gasteiger partial charge >= 0.3 is 0 Å². The summed E-state index contributed by atoms with van der Waals surface area (Å²) >= 11 is 3.27. The Labute approximate surface area is 129 Å². The summed E-state index contributed by atoms with van der Waals surface area (Å²) in [5, 5.41) is 13.4. The molecule has 0 fully saturated rings. The molecule has 1 amide bonds. The van der Waals surface area contributed by atoms with E-state index in [9.17, 15) is 14.9 Å². The van der Waals surface area contributed by atoms with Gasteiger partial charge in [-0.1, -0.05) is 28.1 Å². The number of nitrogens with zero attached hydrogens (tertiary/aromatic N) is 1. The minimum atomic E-state index is -0.474. The Hall–Kier alpha value is -2.41. The van der Waals surface area contributed by atoms with E-state index in [1.54, 1.807) is 30.3 Å². The molecule has 0 aliphatic carbocycles. The number of nitro benzene ring substituents is 1. The number of amides is 1. The van der Waals surface area contributed by atoms with Gasteiger partial charge in [0.1, 0.15) is 0 Å². The van der Waals surface area contributed by atoms with Crippen molar-refractivity contribution in [2.75, 3.05) is 5.73 Å². The fourth-order valence-corrected chi connectivity index (χ4v) is 2.18. The fourth-order valence-electron chi connectivity index (χ4n) is 1.80. The van der Waals surface area contributed by atoms with Crippen molar-refractivity contribution < 1.29 is 9.72 Å². The molecule has 0 unspecified atom stereocenters. The van der Waals surface area contributed by atoms with Crippen LogP contribution in [0.2, 0.25) is 0 Å². The Kier molecular flexibility index (Phi) is 4.54. The highest BCUT2D eigenvalue weighted by molar-refractivity contribution is 9.10. The van der Waals surface area contributed by atoms with Gasteiger partial charge in [-0.3, -0.25) is 14.9 Å². The average Bonchev–Trinajstić information content (AvgIpc) is 2.45. The third-order valence-corrected chi connectivity index (χ3v) is 3.33. The van der Waals surface area contributed by atoms with Crippen molar-refractivity contribution in [1.82, 2.24) is 5.32 Å². The second-order valence-corrected chi connectivity index (χ2v) is 5.26. The molecule has 0 saturated heterocycles. The van der Waals surface area contributed by atoms with Crippen LogP contribution >= 0.6 is 15.9 Å². The zero-order valence-electron chi connectivity index (χ0n) is 10.9. The molecule has 0 saturated carbocycles. The lowest BCUT2D eigenvalue weighted by Crippen LogP contribution is -2.23. The van der Waals surface area contributed by atoms with Crippen LogP contribution in [0.5, 0.6) is 0 Å². The van der Waals surface area contributed by atoms with Crippen LogP contribution in [0.4, 0.5) is 11.4 Å². The number of non-ortho nitro benzene ring substituents is 1. The lowest BCUT2D eigenvalue weighted by Gasteiger charge is -2.08. The largest absolute Gasteiger partial charge is 0.398 e. The van der Waals surface area contributed by atoms with E-state index in [1.165, 1.54) is 12.1 Å². The second-order valence-electron chi connectivity index (χ2n) is 4.34. The van der Waals surface area contributed by atoms with Crippen LogP contribution in [-0.4, -0.2) is 10.8 Å². The lowest BCUT2D eigenvalue weighted by molar-refractivity contribution is -0.384. The number of carbonyl (C=O) groups excluding carboxylic acids is 1. The molecule has 21 heavy (non-hydrogen) atoms. The summed E-state index contributed by atoms with van der Waals surface area (Å²) in [7, 11) is 0. The van der Waals surface area contributed by atoms with Crippen molar-refractivity contribution in [3.05, 3.63) is 68.2 Å². The minimum Gasteiger partial charge on any atom is -0.398 e. The van der Waals surface area contributed by atoms with Gasteiger partial charge in [0.25, 0.3) is 11.6 Å². The van der Waals surface area contributed by atoms with Gasteiger partial charge in [-0.2, -0.15) is 0 Å². The smallest absolute Gasteiger partial charge is 0.269 e. The maximum absolute atomic E-state index is 12.0. The van der Waals surface area contributed by atoms with Crippen LogP contribution in [0, 0.1) is 10.1 Å². The molecule has 2 aromatic rings. The molecule has 7 heteroatoms. The lowest BCUT2D eigenvalue weighted by atomic mass is 10.1. The molecule has 0 spiro atoms. The second kappa shape index (κ2) is 6.36. The summed E-state index contributed by atoms with van der Waals surface area (Å²) < 4.78 is 0.787. The standard InChI is InChI=1S/C14H12BrN3O3/c15-10-4-5-12(13(16)7-10)14(19)17-8-9-2-1-3-11(6-9)18(20)21/h1-7H,8,16H2,(H,17,19). The van der Waals surface area contributed by atoms with Gasteiger partial charge in [-0.15, -0.1) is 0 Å². The number of benzene rings is 2. The highest BCUT2D eigenvalue weighted by Crippen LogP contribution is 2.19. The Balaban J connectivity index is 2.07. The Morgan fingerprint density at radius 3 is 2.71 bits per heavy atom. The molecular weight excluding hydrogens is 338 g/mol. The van der Waals surface area contributed by atoms with Crippen molar-refractivity contribution in [2.45, 2.75) is 6.54 Å². The summed E-state index contributed by atoms with van der Waals surface area (Å²) in [6.45, 7) is 0.190. The first kappa shape index (κ1) is 15.0. The van der Waals surface area contributed by atoms with E-state index in [1.807, 2.05) is 0 Å². The maximum Gasteiger partial charge on any atom is 0.269 e. The first-order valence-corrected chi connectivity index (χ1v) is 6.83. The van der Waals surface area contributed by atoms with Gasteiger partial charge in [0.2, 0.25) is 0 Å². The molecule has 108 valence electrons. The van der Waals surface area contributed by atoms with E-state index in [-0.39, 0.29) is 18.1 Å². The Bertz CT molecular complexity index is 704. The van der Waals surface area contributed by atoms with E-state index in [0.29, 0.717) is 16.8 Å². The summed E-state index contributed by atoms with van der Waals surface area (Å²) in [6, 6.07) is 11.1. The molecule has 0 aromatic heterocycles. The number of carbonyl (C=O) groups is 1. The topological polar surface area (TPSA) is 98.3 Å². The number of nitrogens with one attached hydrogen (secondary N) is 1. The molecule has 0 radical (unpaired) electrons. The zero-order valence-corrected chi connectivity index (χ0v) is 12.5. The summed E-state index contributed by atoms with van der Waals surface area (Å²) in [5.41, 5.74) is 7.14. The van der Waals surface area contributed by atoms with E-state index in [2.05, 4.69) is 21.2 Å². The third-order valence-electron chi connectivity index (χ3n) is 2.83. The first-order chi connectivity index (χ1) is 9.97.